The zero-order chi connectivity index (χ0) is 16.8. The van der Waals surface area contributed by atoms with E-state index in [4.69, 9.17) is 4.74 Å². The Balaban J connectivity index is 1.96. The molecule has 2 aliphatic heterocycles. The molecular weight excluding hydrogens is 302 g/mol. The van der Waals surface area contributed by atoms with Crippen LogP contribution in [0.15, 0.2) is 54.6 Å². The molecule has 0 aromatic heterocycles. The smallest absolute Gasteiger partial charge is 0.258 e. The second-order valence-corrected chi connectivity index (χ2v) is 6.22. The number of methoxy groups -OCH3 is 1. The number of β-lactam (4-membered cyclic amide) rings is 1. The van der Waals surface area contributed by atoms with Gasteiger partial charge in [0.1, 0.15) is 12.1 Å². The van der Waals surface area contributed by atoms with E-state index in [0.717, 1.165) is 28.0 Å². The van der Waals surface area contributed by atoms with E-state index in [2.05, 4.69) is 0 Å². The maximum absolute atomic E-state index is 12.5. The Morgan fingerprint density at radius 2 is 1.71 bits per heavy atom. The molecule has 4 heteroatoms. The molecule has 0 spiro atoms. The molecule has 1 saturated heterocycles. The molecule has 1 fully saturated rings. The first-order chi connectivity index (χ1) is 11.6. The van der Waals surface area contributed by atoms with Gasteiger partial charge in [-0.1, -0.05) is 48.5 Å². The van der Waals surface area contributed by atoms with Gasteiger partial charge in [0.15, 0.2) is 6.10 Å². The summed E-state index contributed by atoms with van der Waals surface area (Å²) in [6.45, 7) is 2.00. The van der Waals surface area contributed by atoms with Crippen molar-refractivity contribution >= 4 is 22.7 Å². The molecule has 0 unspecified atom stereocenters. The monoisotopic (exact) mass is 321 g/mol. The number of carbonyl (C=O) groups excluding carboxylic acids is 1. The molecule has 4 rings (SSSR count). The third-order valence-corrected chi connectivity index (χ3v) is 5.02. The summed E-state index contributed by atoms with van der Waals surface area (Å²) >= 11 is 0. The Labute approximate surface area is 141 Å². The van der Waals surface area contributed by atoms with Gasteiger partial charge >= 0.3 is 0 Å². The number of hydrogen-bond donors (Lipinski definition) is 1. The molecule has 3 atom stereocenters. The first-order valence-corrected chi connectivity index (χ1v) is 8.04. The zero-order valence-electron chi connectivity index (χ0n) is 13.6. The molecule has 24 heavy (non-hydrogen) atoms. The minimum Gasteiger partial charge on any atom is -0.386 e. The fourth-order valence-corrected chi connectivity index (χ4v) is 3.85. The van der Waals surface area contributed by atoms with E-state index in [1.165, 1.54) is 7.11 Å². The molecule has 0 aliphatic carbocycles. The number of benzene rings is 2. The summed E-state index contributed by atoms with van der Waals surface area (Å²) in [4.78, 5) is 14.2. The number of nitrogens with zero attached hydrogens (tertiary/aromatic N) is 1. The van der Waals surface area contributed by atoms with Crippen LogP contribution in [0.25, 0.3) is 11.1 Å². The van der Waals surface area contributed by atoms with Crippen LogP contribution in [-0.2, 0) is 9.53 Å². The largest absolute Gasteiger partial charge is 0.386 e. The number of rotatable bonds is 2. The van der Waals surface area contributed by atoms with Gasteiger partial charge in [0.05, 0.1) is 5.69 Å². The fraction of sp³-hybridized carbons (Fsp3) is 0.250. The van der Waals surface area contributed by atoms with Crippen molar-refractivity contribution < 1.29 is 14.6 Å². The van der Waals surface area contributed by atoms with Gasteiger partial charge in [-0.15, -0.1) is 0 Å². The van der Waals surface area contributed by atoms with Crippen molar-refractivity contribution in [3.8, 4) is 0 Å². The van der Waals surface area contributed by atoms with Gasteiger partial charge in [0.25, 0.3) is 5.91 Å². The molecule has 1 amide bonds. The molecule has 2 aliphatic rings. The van der Waals surface area contributed by atoms with Crippen molar-refractivity contribution in [2.24, 2.45) is 0 Å². The highest BCUT2D eigenvalue weighted by Crippen LogP contribution is 2.45. The second-order valence-electron chi connectivity index (χ2n) is 6.22. The lowest BCUT2D eigenvalue weighted by Gasteiger charge is -2.47. The molecule has 2 aromatic rings. The van der Waals surface area contributed by atoms with Crippen molar-refractivity contribution in [2.75, 3.05) is 12.0 Å². The quantitative estimate of drug-likeness (QED) is 0.865. The van der Waals surface area contributed by atoms with Gasteiger partial charge in [0, 0.05) is 12.7 Å². The standard InChI is InChI=1S/C20H19NO3/c1-12-14-10-6-7-11-15(14)21-17(19(24-2)20(21)23)18(22)16(12)13-8-4-3-5-9-13/h3-11,17-19,22H,1-2H3/t17-,18+,19+/m0/s1. The number of para-hydroxylation sites is 1. The van der Waals surface area contributed by atoms with Crippen LogP contribution in [0.2, 0.25) is 0 Å². The van der Waals surface area contributed by atoms with Gasteiger partial charge in [-0.3, -0.25) is 4.79 Å². The SMILES string of the molecule is CO[C@H]1C(=O)N2c3ccccc3C(C)=C(c3ccccc3)[C@@H](O)[C@@H]12. The van der Waals surface area contributed by atoms with Crippen molar-refractivity contribution in [1.82, 2.24) is 0 Å². The van der Waals surface area contributed by atoms with Crippen molar-refractivity contribution in [3.63, 3.8) is 0 Å². The third-order valence-electron chi connectivity index (χ3n) is 5.02. The number of aliphatic hydroxyl groups excluding tert-OH is 1. The zero-order valence-corrected chi connectivity index (χ0v) is 13.6. The van der Waals surface area contributed by atoms with E-state index >= 15 is 0 Å². The summed E-state index contributed by atoms with van der Waals surface area (Å²) in [5, 5.41) is 11.1. The van der Waals surface area contributed by atoms with Crippen LogP contribution < -0.4 is 4.90 Å². The van der Waals surface area contributed by atoms with E-state index in [-0.39, 0.29) is 5.91 Å². The average molecular weight is 321 g/mol. The van der Waals surface area contributed by atoms with Gasteiger partial charge < -0.3 is 14.7 Å². The average Bonchev–Trinajstić information content (AvgIpc) is 2.68. The molecule has 2 heterocycles. The van der Waals surface area contributed by atoms with Crippen LogP contribution in [-0.4, -0.2) is 36.4 Å². The van der Waals surface area contributed by atoms with Crippen LogP contribution in [0.3, 0.4) is 0 Å². The molecule has 0 bridgehead atoms. The van der Waals surface area contributed by atoms with E-state index in [0.29, 0.717) is 0 Å². The van der Waals surface area contributed by atoms with Crippen LogP contribution in [0.1, 0.15) is 18.1 Å². The highest BCUT2D eigenvalue weighted by atomic mass is 16.5. The summed E-state index contributed by atoms with van der Waals surface area (Å²) in [5.41, 5.74) is 4.61. The number of anilines is 1. The second kappa shape index (κ2) is 5.58. The molecule has 1 N–H and O–H groups in total. The van der Waals surface area contributed by atoms with Gasteiger partial charge in [0.2, 0.25) is 0 Å². The van der Waals surface area contributed by atoms with E-state index < -0.39 is 18.2 Å². The van der Waals surface area contributed by atoms with Crippen molar-refractivity contribution in [1.29, 1.82) is 0 Å². The normalized spacial score (nSPS) is 25.7. The topological polar surface area (TPSA) is 49.8 Å². The number of hydrogen-bond acceptors (Lipinski definition) is 3. The van der Waals surface area contributed by atoms with Crippen LogP contribution in [0.5, 0.6) is 0 Å². The van der Waals surface area contributed by atoms with E-state index in [1.807, 2.05) is 61.5 Å². The molecule has 0 radical (unpaired) electrons. The van der Waals surface area contributed by atoms with Crippen LogP contribution in [0, 0.1) is 0 Å². The maximum Gasteiger partial charge on any atom is 0.258 e. The summed E-state index contributed by atoms with van der Waals surface area (Å²) in [5.74, 6) is -0.101. The van der Waals surface area contributed by atoms with Crippen molar-refractivity contribution in [3.05, 3.63) is 65.7 Å². The molecular formula is C20H19NO3. The van der Waals surface area contributed by atoms with Gasteiger partial charge in [-0.05, 0) is 29.7 Å². The number of ether oxygens (including phenoxy) is 1. The Morgan fingerprint density at radius 3 is 2.42 bits per heavy atom. The summed E-state index contributed by atoms with van der Waals surface area (Å²) in [6.07, 6.45) is -1.42. The lowest BCUT2D eigenvalue weighted by atomic mass is 9.85. The maximum atomic E-state index is 12.5. The summed E-state index contributed by atoms with van der Waals surface area (Å²) in [6, 6.07) is 17.2. The summed E-state index contributed by atoms with van der Waals surface area (Å²) < 4.78 is 5.35. The number of carbonyl (C=O) groups is 1. The Morgan fingerprint density at radius 1 is 1.04 bits per heavy atom. The molecule has 122 valence electrons. The van der Waals surface area contributed by atoms with E-state index in [1.54, 1.807) is 4.90 Å². The van der Waals surface area contributed by atoms with E-state index in [9.17, 15) is 9.90 Å². The van der Waals surface area contributed by atoms with Gasteiger partial charge in [-0.25, -0.2) is 0 Å². The molecule has 0 saturated carbocycles. The number of aliphatic hydroxyl groups is 1. The molecule has 2 aromatic carbocycles. The number of fused-ring (bicyclic) bond motifs is 3. The minimum atomic E-state index is -0.803. The predicted molar refractivity (Wildman–Crippen MR) is 93.4 cm³/mol. The Kier molecular flexibility index (Phi) is 3.52. The third kappa shape index (κ3) is 1.97. The van der Waals surface area contributed by atoms with Crippen LogP contribution >= 0.6 is 0 Å². The van der Waals surface area contributed by atoms with Crippen molar-refractivity contribution in [2.45, 2.75) is 25.2 Å². The molecule has 4 nitrogen and oxygen atoms in total. The summed E-state index contributed by atoms with van der Waals surface area (Å²) in [7, 11) is 1.52. The first kappa shape index (κ1) is 15.1. The minimum absolute atomic E-state index is 0.101. The first-order valence-electron chi connectivity index (χ1n) is 8.04. The predicted octanol–water partition coefficient (Wildman–Crippen LogP) is 2.72. The van der Waals surface area contributed by atoms with Gasteiger partial charge in [-0.2, -0.15) is 0 Å². The lowest BCUT2D eigenvalue weighted by Crippen LogP contribution is -2.70. The highest BCUT2D eigenvalue weighted by Gasteiger charge is 2.54. The lowest BCUT2D eigenvalue weighted by molar-refractivity contribution is -0.142. The number of allylic oxidation sites excluding steroid dienone is 1. The Hall–Kier alpha value is -2.43. The highest BCUT2D eigenvalue weighted by molar-refractivity contribution is 6.11. The fourth-order valence-electron chi connectivity index (χ4n) is 3.85. The number of amides is 1. The van der Waals surface area contributed by atoms with Crippen LogP contribution in [0.4, 0.5) is 5.69 Å². The Bertz CT molecular complexity index is 828.